The van der Waals surface area contributed by atoms with E-state index in [9.17, 15) is 4.79 Å². The van der Waals surface area contributed by atoms with Crippen LogP contribution in [0.25, 0.3) is 0 Å². The van der Waals surface area contributed by atoms with Crippen LogP contribution >= 0.6 is 0 Å². The smallest absolute Gasteiger partial charge is 0.269 e. The van der Waals surface area contributed by atoms with Crippen LogP contribution in [0, 0.1) is 6.92 Å². The molecule has 3 heterocycles. The Bertz CT molecular complexity index is 766. The molecule has 0 radical (unpaired) electrons. The van der Waals surface area contributed by atoms with Crippen molar-refractivity contribution < 1.29 is 4.79 Å². The molecular weight excluding hydrogens is 328 g/mol. The van der Waals surface area contributed by atoms with Gasteiger partial charge in [-0.2, -0.15) is 10.2 Å². The number of anilines is 1. The maximum atomic E-state index is 12.4. The molecule has 7 heteroatoms. The number of carbonyl (C=O) groups is 1. The predicted molar refractivity (Wildman–Crippen MR) is 101 cm³/mol. The number of aryl methyl sites for hydroxylation is 2. The van der Waals surface area contributed by atoms with Crippen molar-refractivity contribution in [3.05, 3.63) is 35.3 Å². The van der Waals surface area contributed by atoms with E-state index in [-0.39, 0.29) is 17.4 Å². The zero-order valence-corrected chi connectivity index (χ0v) is 16.3. The highest BCUT2D eigenvalue weighted by atomic mass is 16.2. The van der Waals surface area contributed by atoms with E-state index in [1.54, 1.807) is 11.7 Å². The maximum absolute atomic E-state index is 12.4. The third-order valence-corrected chi connectivity index (χ3v) is 4.81. The first kappa shape index (κ1) is 18.4. The van der Waals surface area contributed by atoms with Crippen molar-refractivity contribution in [1.29, 1.82) is 0 Å². The Balaban J connectivity index is 1.56. The van der Waals surface area contributed by atoms with Crippen LogP contribution in [0.2, 0.25) is 0 Å². The normalized spacial score (nSPS) is 16.0. The molecule has 3 rings (SSSR count). The Kier molecular flexibility index (Phi) is 4.98. The van der Waals surface area contributed by atoms with Gasteiger partial charge < -0.3 is 10.2 Å². The predicted octanol–water partition coefficient (Wildman–Crippen LogP) is 2.21. The van der Waals surface area contributed by atoms with E-state index >= 15 is 0 Å². The number of amides is 1. The van der Waals surface area contributed by atoms with Crippen molar-refractivity contribution >= 4 is 11.7 Å². The van der Waals surface area contributed by atoms with E-state index in [1.807, 2.05) is 19.1 Å². The van der Waals surface area contributed by atoms with E-state index in [0.29, 0.717) is 5.69 Å². The number of nitrogens with one attached hydrogen (secondary N) is 1. The summed E-state index contributed by atoms with van der Waals surface area (Å²) in [5.74, 6) is 0.853. The summed E-state index contributed by atoms with van der Waals surface area (Å²) in [4.78, 5) is 14.7. The van der Waals surface area contributed by atoms with E-state index in [1.165, 1.54) is 0 Å². The molecule has 2 aromatic rings. The summed E-state index contributed by atoms with van der Waals surface area (Å²) in [6, 6.07) is 6.10. The number of rotatable bonds is 3. The van der Waals surface area contributed by atoms with Gasteiger partial charge in [-0.15, -0.1) is 5.10 Å². The number of aromatic nitrogens is 4. The second-order valence-electron chi connectivity index (χ2n) is 8.06. The number of nitrogens with zero attached hydrogens (tertiary/aromatic N) is 5. The van der Waals surface area contributed by atoms with Gasteiger partial charge in [-0.3, -0.25) is 9.48 Å². The fourth-order valence-electron chi connectivity index (χ4n) is 3.23. The molecule has 1 aliphatic rings. The number of hydrogen-bond acceptors (Lipinski definition) is 5. The molecule has 1 amide bonds. The Labute approximate surface area is 154 Å². The van der Waals surface area contributed by atoms with E-state index in [4.69, 9.17) is 0 Å². The van der Waals surface area contributed by atoms with Crippen LogP contribution in [-0.2, 0) is 12.5 Å². The van der Waals surface area contributed by atoms with Crippen molar-refractivity contribution in [2.45, 2.75) is 52.0 Å². The zero-order chi connectivity index (χ0) is 18.9. The molecule has 0 saturated carbocycles. The lowest BCUT2D eigenvalue weighted by Crippen LogP contribution is -2.45. The number of carbonyl (C=O) groups excluding carboxylic acids is 1. The van der Waals surface area contributed by atoms with Gasteiger partial charge in [0.25, 0.3) is 5.91 Å². The molecule has 0 spiro atoms. The first-order chi connectivity index (χ1) is 12.2. The van der Waals surface area contributed by atoms with Crippen LogP contribution in [-0.4, -0.2) is 45.0 Å². The van der Waals surface area contributed by atoms with Gasteiger partial charge in [0.2, 0.25) is 0 Å². The maximum Gasteiger partial charge on any atom is 0.269 e. The van der Waals surface area contributed by atoms with Gasteiger partial charge in [-0.25, -0.2) is 0 Å². The number of piperidine rings is 1. The Morgan fingerprint density at radius 2 is 1.88 bits per heavy atom. The SMILES string of the molecule is Cc1cc(C(=O)NC2CCN(c3ccc(C(C)(C)C)nn3)CC2)n(C)n1. The molecule has 26 heavy (non-hydrogen) atoms. The molecule has 1 N–H and O–H groups in total. The molecule has 1 aliphatic heterocycles. The minimum atomic E-state index is -0.0547. The highest BCUT2D eigenvalue weighted by molar-refractivity contribution is 5.92. The number of hydrogen-bond donors (Lipinski definition) is 1. The van der Waals surface area contributed by atoms with Crippen molar-refractivity contribution in [1.82, 2.24) is 25.3 Å². The average molecular weight is 356 g/mol. The summed E-state index contributed by atoms with van der Waals surface area (Å²) >= 11 is 0. The Hall–Kier alpha value is -2.44. The molecule has 0 aliphatic carbocycles. The summed E-state index contributed by atoms with van der Waals surface area (Å²) in [6.07, 6.45) is 1.79. The molecule has 0 aromatic carbocycles. The molecular formula is C19H28N6O. The van der Waals surface area contributed by atoms with Crippen LogP contribution < -0.4 is 10.2 Å². The third-order valence-electron chi connectivity index (χ3n) is 4.81. The lowest BCUT2D eigenvalue weighted by Gasteiger charge is -2.33. The van der Waals surface area contributed by atoms with Gasteiger partial charge >= 0.3 is 0 Å². The van der Waals surface area contributed by atoms with Crippen molar-refractivity contribution in [3.8, 4) is 0 Å². The molecule has 7 nitrogen and oxygen atoms in total. The minimum absolute atomic E-state index is 0.00690. The van der Waals surface area contributed by atoms with E-state index < -0.39 is 0 Å². The van der Waals surface area contributed by atoms with Gasteiger partial charge in [0, 0.05) is 31.6 Å². The molecule has 1 fully saturated rings. The molecule has 140 valence electrons. The van der Waals surface area contributed by atoms with Gasteiger partial charge in [-0.1, -0.05) is 20.8 Å². The summed E-state index contributed by atoms with van der Waals surface area (Å²) in [5.41, 5.74) is 2.46. The standard InChI is InChI=1S/C19H28N6O/c1-13-12-15(24(5)23-13)18(26)20-14-8-10-25(11-9-14)17-7-6-16(21-22-17)19(2,3)4/h6-7,12,14H,8-11H2,1-5H3,(H,20,26). The Morgan fingerprint density at radius 3 is 2.38 bits per heavy atom. The fraction of sp³-hybridized carbons (Fsp3) is 0.579. The summed E-state index contributed by atoms with van der Waals surface area (Å²) < 4.78 is 1.63. The lowest BCUT2D eigenvalue weighted by atomic mass is 9.92. The largest absolute Gasteiger partial charge is 0.355 e. The van der Waals surface area contributed by atoms with Gasteiger partial charge in [-0.05, 0) is 38.0 Å². The topological polar surface area (TPSA) is 75.9 Å². The Morgan fingerprint density at radius 1 is 1.19 bits per heavy atom. The first-order valence-electron chi connectivity index (χ1n) is 9.15. The highest BCUT2D eigenvalue weighted by Crippen LogP contribution is 2.22. The molecule has 0 bridgehead atoms. The van der Waals surface area contributed by atoms with Crippen molar-refractivity contribution in [2.75, 3.05) is 18.0 Å². The van der Waals surface area contributed by atoms with Crippen LogP contribution in [0.15, 0.2) is 18.2 Å². The highest BCUT2D eigenvalue weighted by Gasteiger charge is 2.24. The van der Waals surface area contributed by atoms with Crippen LogP contribution in [0.5, 0.6) is 0 Å². The van der Waals surface area contributed by atoms with Crippen LogP contribution in [0.4, 0.5) is 5.82 Å². The second kappa shape index (κ2) is 7.05. The molecule has 1 saturated heterocycles. The van der Waals surface area contributed by atoms with Gasteiger partial charge in [0.15, 0.2) is 5.82 Å². The molecule has 0 atom stereocenters. The lowest BCUT2D eigenvalue weighted by molar-refractivity contribution is 0.0921. The second-order valence-corrected chi connectivity index (χ2v) is 8.06. The first-order valence-corrected chi connectivity index (χ1v) is 9.15. The van der Waals surface area contributed by atoms with Crippen molar-refractivity contribution in [2.24, 2.45) is 7.05 Å². The molecule has 0 unspecified atom stereocenters. The van der Waals surface area contributed by atoms with E-state index in [0.717, 1.165) is 43.1 Å². The average Bonchev–Trinajstić information content (AvgIpc) is 2.93. The molecule has 2 aromatic heterocycles. The zero-order valence-electron chi connectivity index (χ0n) is 16.3. The fourth-order valence-corrected chi connectivity index (χ4v) is 3.23. The monoisotopic (exact) mass is 356 g/mol. The van der Waals surface area contributed by atoms with Crippen LogP contribution in [0.3, 0.4) is 0 Å². The summed E-state index contributed by atoms with van der Waals surface area (Å²) in [6.45, 7) is 10.0. The summed E-state index contributed by atoms with van der Waals surface area (Å²) in [7, 11) is 1.80. The summed E-state index contributed by atoms with van der Waals surface area (Å²) in [5, 5.41) is 16.1. The van der Waals surface area contributed by atoms with Gasteiger partial charge in [0.05, 0.1) is 11.4 Å². The quantitative estimate of drug-likeness (QED) is 0.912. The third kappa shape index (κ3) is 4.03. The van der Waals surface area contributed by atoms with Crippen molar-refractivity contribution in [3.63, 3.8) is 0 Å². The van der Waals surface area contributed by atoms with Crippen LogP contribution in [0.1, 0.15) is 55.5 Å². The van der Waals surface area contributed by atoms with E-state index in [2.05, 4.69) is 52.4 Å². The van der Waals surface area contributed by atoms with Gasteiger partial charge in [0.1, 0.15) is 5.69 Å². The minimum Gasteiger partial charge on any atom is -0.355 e.